The van der Waals surface area contributed by atoms with Gasteiger partial charge >= 0.3 is 0 Å². The summed E-state index contributed by atoms with van der Waals surface area (Å²) in [7, 11) is 1.76. The summed E-state index contributed by atoms with van der Waals surface area (Å²) in [5.41, 5.74) is 0.304. The van der Waals surface area contributed by atoms with Gasteiger partial charge in [-0.1, -0.05) is 12.1 Å². The lowest BCUT2D eigenvalue weighted by atomic mass is 10.1. The predicted molar refractivity (Wildman–Crippen MR) is 53.0 cm³/mol. The van der Waals surface area contributed by atoms with Crippen LogP contribution in [0.5, 0.6) is 0 Å². The second-order valence-corrected chi connectivity index (χ2v) is 3.23. The highest BCUT2D eigenvalue weighted by atomic mass is 19.1. The fraction of sp³-hybridized carbons (Fsp3) is 0.0909. The number of rotatable bonds is 2. The fourth-order valence-corrected chi connectivity index (χ4v) is 1.31. The van der Waals surface area contributed by atoms with Gasteiger partial charge in [-0.05, 0) is 12.1 Å². The van der Waals surface area contributed by atoms with E-state index in [4.69, 9.17) is 0 Å². The molecule has 2 aromatic rings. The maximum atomic E-state index is 13.3. The van der Waals surface area contributed by atoms with Gasteiger partial charge in [-0.25, -0.2) is 9.37 Å². The number of aryl methyl sites for hydroxylation is 1. The van der Waals surface area contributed by atoms with Crippen LogP contribution in [0.3, 0.4) is 0 Å². The number of carbonyl (C=O) groups is 1. The first kappa shape index (κ1) is 9.58. The Balaban J connectivity index is 2.41. The molecule has 4 heteroatoms. The van der Waals surface area contributed by atoms with Crippen LogP contribution in [0.2, 0.25) is 0 Å². The molecule has 0 aliphatic carbocycles. The van der Waals surface area contributed by atoms with Crippen molar-refractivity contribution < 1.29 is 9.18 Å². The monoisotopic (exact) mass is 204 g/mol. The van der Waals surface area contributed by atoms with Crippen molar-refractivity contribution in [1.29, 1.82) is 0 Å². The number of hydrogen-bond acceptors (Lipinski definition) is 2. The lowest BCUT2D eigenvalue weighted by molar-refractivity contribution is 0.103. The van der Waals surface area contributed by atoms with E-state index in [1.165, 1.54) is 18.5 Å². The number of halogens is 1. The van der Waals surface area contributed by atoms with E-state index < -0.39 is 11.6 Å². The highest BCUT2D eigenvalue weighted by Gasteiger charge is 2.14. The summed E-state index contributed by atoms with van der Waals surface area (Å²) >= 11 is 0. The quantitative estimate of drug-likeness (QED) is 0.699. The molecule has 0 fully saturated rings. The molecule has 0 saturated heterocycles. The van der Waals surface area contributed by atoms with Crippen molar-refractivity contribution in [2.24, 2.45) is 7.05 Å². The average Bonchev–Trinajstić information content (AvgIpc) is 2.65. The Hall–Kier alpha value is -1.97. The smallest absolute Gasteiger partial charge is 0.215 e. The summed E-state index contributed by atoms with van der Waals surface area (Å²) in [4.78, 5) is 15.6. The van der Waals surface area contributed by atoms with Gasteiger partial charge in [0, 0.05) is 13.2 Å². The predicted octanol–water partition coefficient (Wildman–Crippen LogP) is 1.79. The van der Waals surface area contributed by atoms with Gasteiger partial charge in [0.1, 0.15) is 11.5 Å². The summed E-state index contributed by atoms with van der Waals surface area (Å²) in [6.07, 6.45) is 3.07. The molecule has 76 valence electrons. The zero-order chi connectivity index (χ0) is 10.8. The van der Waals surface area contributed by atoms with Gasteiger partial charge in [0.25, 0.3) is 0 Å². The Labute approximate surface area is 86.2 Å². The van der Waals surface area contributed by atoms with Gasteiger partial charge in [0.05, 0.1) is 11.9 Å². The minimum atomic E-state index is -0.520. The molecular formula is C11H9FN2O. The average molecular weight is 204 g/mol. The molecule has 0 unspecified atom stereocenters. The minimum Gasteiger partial charge on any atom is -0.340 e. The van der Waals surface area contributed by atoms with E-state index in [1.54, 1.807) is 29.9 Å². The number of hydrogen-bond donors (Lipinski definition) is 0. The van der Waals surface area contributed by atoms with Crippen LogP contribution in [0, 0.1) is 5.82 Å². The molecule has 0 saturated carbocycles. The summed E-state index contributed by atoms with van der Waals surface area (Å²) in [6, 6.07) is 5.88. The topological polar surface area (TPSA) is 34.9 Å². The summed E-state index contributed by atoms with van der Waals surface area (Å²) in [6.45, 7) is 0. The van der Waals surface area contributed by atoms with Crippen molar-refractivity contribution in [3.05, 3.63) is 53.9 Å². The SMILES string of the molecule is Cn1cnc(C(=O)c2ccccc2F)c1. The first-order valence-corrected chi connectivity index (χ1v) is 4.45. The van der Waals surface area contributed by atoms with Crippen LogP contribution in [-0.2, 0) is 7.05 Å². The van der Waals surface area contributed by atoms with Crippen LogP contribution in [0.15, 0.2) is 36.8 Å². The van der Waals surface area contributed by atoms with Gasteiger partial charge in [-0.3, -0.25) is 4.79 Å². The molecule has 0 aliphatic rings. The van der Waals surface area contributed by atoms with E-state index in [2.05, 4.69) is 4.98 Å². The van der Waals surface area contributed by atoms with Crippen molar-refractivity contribution in [3.8, 4) is 0 Å². The summed E-state index contributed by atoms with van der Waals surface area (Å²) < 4.78 is 14.9. The Bertz CT molecular complexity index is 505. The molecule has 0 amide bonds. The van der Waals surface area contributed by atoms with Crippen molar-refractivity contribution >= 4 is 5.78 Å². The Morgan fingerprint density at radius 3 is 2.73 bits per heavy atom. The number of carbonyl (C=O) groups excluding carboxylic acids is 1. The zero-order valence-corrected chi connectivity index (χ0v) is 8.14. The van der Waals surface area contributed by atoms with E-state index >= 15 is 0 Å². The largest absolute Gasteiger partial charge is 0.340 e. The fourth-order valence-electron chi connectivity index (χ4n) is 1.31. The second kappa shape index (κ2) is 3.65. The molecule has 3 nitrogen and oxygen atoms in total. The van der Waals surface area contributed by atoms with Gasteiger partial charge in [-0.2, -0.15) is 0 Å². The van der Waals surface area contributed by atoms with Crippen LogP contribution >= 0.6 is 0 Å². The van der Waals surface area contributed by atoms with Gasteiger partial charge in [-0.15, -0.1) is 0 Å². The Kier molecular flexibility index (Phi) is 2.33. The molecule has 0 radical (unpaired) electrons. The third-order valence-electron chi connectivity index (χ3n) is 2.06. The first-order valence-electron chi connectivity index (χ1n) is 4.45. The van der Waals surface area contributed by atoms with Gasteiger partial charge in [0.2, 0.25) is 5.78 Å². The molecule has 2 rings (SSSR count). The molecule has 0 bridgehead atoms. The van der Waals surface area contributed by atoms with Crippen molar-refractivity contribution in [2.45, 2.75) is 0 Å². The highest BCUT2D eigenvalue weighted by Crippen LogP contribution is 2.11. The first-order chi connectivity index (χ1) is 7.18. The van der Waals surface area contributed by atoms with Crippen LogP contribution in [0.1, 0.15) is 16.1 Å². The summed E-state index contributed by atoms with van der Waals surface area (Å²) in [5, 5.41) is 0. The van der Waals surface area contributed by atoms with Crippen molar-refractivity contribution in [2.75, 3.05) is 0 Å². The molecule has 0 atom stereocenters. The van der Waals surface area contributed by atoms with Gasteiger partial charge in [0.15, 0.2) is 0 Å². The lowest BCUT2D eigenvalue weighted by Gasteiger charge is -1.98. The number of ketones is 1. The molecule has 0 N–H and O–H groups in total. The van der Waals surface area contributed by atoms with Crippen LogP contribution in [0.4, 0.5) is 4.39 Å². The van der Waals surface area contributed by atoms with Crippen LogP contribution in [-0.4, -0.2) is 15.3 Å². The standard InChI is InChI=1S/C11H9FN2O/c1-14-6-10(13-7-14)11(15)8-4-2-3-5-9(8)12/h2-7H,1H3. The van der Waals surface area contributed by atoms with E-state index in [-0.39, 0.29) is 11.3 Å². The zero-order valence-electron chi connectivity index (χ0n) is 8.14. The summed E-state index contributed by atoms with van der Waals surface area (Å²) in [5.74, 6) is -0.915. The van der Waals surface area contributed by atoms with E-state index in [0.717, 1.165) is 0 Å². The molecule has 1 aromatic carbocycles. The van der Waals surface area contributed by atoms with Crippen molar-refractivity contribution in [1.82, 2.24) is 9.55 Å². The van der Waals surface area contributed by atoms with E-state index in [9.17, 15) is 9.18 Å². The minimum absolute atomic E-state index is 0.0520. The third-order valence-corrected chi connectivity index (χ3v) is 2.06. The maximum Gasteiger partial charge on any atom is 0.215 e. The molecular weight excluding hydrogens is 195 g/mol. The normalized spacial score (nSPS) is 10.3. The Morgan fingerprint density at radius 2 is 2.13 bits per heavy atom. The number of nitrogens with zero attached hydrogens (tertiary/aromatic N) is 2. The van der Waals surface area contributed by atoms with Gasteiger partial charge < -0.3 is 4.57 Å². The Morgan fingerprint density at radius 1 is 1.40 bits per heavy atom. The lowest BCUT2D eigenvalue weighted by Crippen LogP contribution is -2.04. The molecule has 1 aromatic heterocycles. The number of imidazole rings is 1. The van der Waals surface area contributed by atoms with E-state index in [1.807, 2.05) is 0 Å². The highest BCUT2D eigenvalue weighted by molar-refractivity contribution is 6.07. The van der Waals surface area contributed by atoms with E-state index in [0.29, 0.717) is 0 Å². The maximum absolute atomic E-state index is 13.3. The molecule has 1 heterocycles. The van der Waals surface area contributed by atoms with Crippen LogP contribution in [0.25, 0.3) is 0 Å². The van der Waals surface area contributed by atoms with Crippen molar-refractivity contribution in [3.63, 3.8) is 0 Å². The number of aromatic nitrogens is 2. The van der Waals surface area contributed by atoms with Crippen LogP contribution < -0.4 is 0 Å². The molecule has 0 aliphatic heterocycles. The third kappa shape index (κ3) is 1.79. The number of benzene rings is 1. The molecule has 15 heavy (non-hydrogen) atoms. The molecule has 0 spiro atoms. The second-order valence-electron chi connectivity index (χ2n) is 3.23.